The zero-order valence-electron chi connectivity index (χ0n) is 8.67. The first kappa shape index (κ1) is 10.9. The van der Waals surface area contributed by atoms with Gasteiger partial charge < -0.3 is 10.4 Å². The van der Waals surface area contributed by atoms with Gasteiger partial charge in [-0.05, 0) is 36.5 Å². The third kappa shape index (κ3) is 2.33. The van der Waals surface area contributed by atoms with Crippen molar-refractivity contribution in [3.8, 4) is 0 Å². The summed E-state index contributed by atoms with van der Waals surface area (Å²) in [4.78, 5) is 0. The summed E-state index contributed by atoms with van der Waals surface area (Å²) in [6.07, 6.45) is 3.37. The van der Waals surface area contributed by atoms with E-state index in [1.807, 2.05) is 12.1 Å². The Morgan fingerprint density at radius 2 is 2.33 bits per heavy atom. The molecule has 82 valence electrons. The standard InChI is InChI=1S/C12H16ClNO/c13-11-5-1-4-10-9(11)3-2-6-12(10)14-7-8-15/h1,4-5,12,14-15H,2-3,6-8H2. The Labute approximate surface area is 95.3 Å². The van der Waals surface area contributed by atoms with Gasteiger partial charge in [0.1, 0.15) is 0 Å². The molecule has 0 saturated heterocycles. The zero-order chi connectivity index (χ0) is 10.7. The van der Waals surface area contributed by atoms with E-state index in [1.165, 1.54) is 17.5 Å². The van der Waals surface area contributed by atoms with E-state index in [2.05, 4.69) is 11.4 Å². The highest BCUT2D eigenvalue weighted by molar-refractivity contribution is 6.31. The van der Waals surface area contributed by atoms with Gasteiger partial charge in [-0.25, -0.2) is 0 Å². The van der Waals surface area contributed by atoms with Crippen molar-refractivity contribution in [3.05, 3.63) is 34.3 Å². The largest absolute Gasteiger partial charge is 0.395 e. The van der Waals surface area contributed by atoms with Gasteiger partial charge in [0.15, 0.2) is 0 Å². The van der Waals surface area contributed by atoms with Gasteiger partial charge in [-0.3, -0.25) is 0 Å². The number of halogens is 1. The summed E-state index contributed by atoms with van der Waals surface area (Å²) < 4.78 is 0. The fourth-order valence-electron chi connectivity index (χ4n) is 2.25. The molecular weight excluding hydrogens is 210 g/mol. The average molecular weight is 226 g/mol. The number of aliphatic hydroxyl groups is 1. The summed E-state index contributed by atoms with van der Waals surface area (Å²) >= 11 is 6.16. The topological polar surface area (TPSA) is 32.3 Å². The number of rotatable bonds is 3. The molecule has 0 radical (unpaired) electrons. The van der Waals surface area contributed by atoms with Gasteiger partial charge in [0.2, 0.25) is 0 Å². The third-order valence-corrected chi connectivity index (χ3v) is 3.31. The molecule has 0 fully saturated rings. The maximum absolute atomic E-state index is 8.81. The maximum atomic E-state index is 8.81. The Kier molecular flexibility index (Phi) is 3.62. The van der Waals surface area contributed by atoms with Crippen molar-refractivity contribution in [1.82, 2.24) is 5.32 Å². The van der Waals surface area contributed by atoms with Crippen molar-refractivity contribution in [1.29, 1.82) is 0 Å². The van der Waals surface area contributed by atoms with Gasteiger partial charge in [0, 0.05) is 17.6 Å². The summed E-state index contributed by atoms with van der Waals surface area (Å²) in [6, 6.07) is 6.45. The molecule has 1 unspecified atom stereocenters. The van der Waals surface area contributed by atoms with Gasteiger partial charge in [0.05, 0.1) is 6.61 Å². The molecule has 2 nitrogen and oxygen atoms in total. The third-order valence-electron chi connectivity index (χ3n) is 2.95. The minimum absolute atomic E-state index is 0.187. The van der Waals surface area contributed by atoms with Gasteiger partial charge in [-0.1, -0.05) is 23.7 Å². The van der Waals surface area contributed by atoms with Crippen LogP contribution in [0.4, 0.5) is 0 Å². The SMILES string of the molecule is OCCNC1CCCc2c(Cl)cccc21. The van der Waals surface area contributed by atoms with Gasteiger partial charge in [-0.2, -0.15) is 0 Å². The Balaban J connectivity index is 2.22. The lowest BCUT2D eigenvalue weighted by molar-refractivity contribution is 0.280. The second-order valence-corrected chi connectivity index (χ2v) is 4.34. The normalized spacial score (nSPS) is 20.0. The van der Waals surface area contributed by atoms with Crippen molar-refractivity contribution in [2.24, 2.45) is 0 Å². The number of fused-ring (bicyclic) bond motifs is 1. The summed E-state index contributed by atoms with van der Waals surface area (Å²) in [6.45, 7) is 0.836. The van der Waals surface area contributed by atoms with Crippen LogP contribution in [0.15, 0.2) is 18.2 Å². The van der Waals surface area contributed by atoms with E-state index in [9.17, 15) is 0 Å². The quantitative estimate of drug-likeness (QED) is 0.828. The molecule has 1 atom stereocenters. The number of hydrogen-bond acceptors (Lipinski definition) is 2. The van der Waals surface area contributed by atoms with Crippen LogP contribution in [-0.4, -0.2) is 18.3 Å². The lowest BCUT2D eigenvalue weighted by Gasteiger charge is -2.27. The van der Waals surface area contributed by atoms with Crippen molar-refractivity contribution in [3.63, 3.8) is 0 Å². The molecule has 1 aliphatic rings. The van der Waals surface area contributed by atoms with Gasteiger partial charge in [-0.15, -0.1) is 0 Å². The number of hydrogen-bond donors (Lipinski definition) is 2. The van der Waals surface area contributed by atoms with Crippen molar-refractivity contribution < 1.29 is 5.11 Å². The maximum Gasteiger partial charge on any atom is 0.0556 e. The lowest BCUT2D eigenvalue weighted by Crippen LogP contribution is -2.27. The predicted octanol–water partition coefficient (Wildman–Crippen LogP) is 2.30. The van der Waals surface area contributed by atoms with E-state index >= 15 is 0 Å². The van der Waals surface area contributed by atoms with Crippen LogP contribution >= 0.6 is 11.6 Å². The van der Waals surface area contributed by atoms with Crippen LogP contribution in [0.5, 0.6) is 0 Å². The van der Waals surface area contributed by atoms with Gasteiger partial charge in [0.25, 0.3) is 0 Å². The van der Waals surface area contributed by atoms with Crippen LogP contribution in [0, 0.1) is 0 Å². The molecule has 0 amide bonds. The Hall–Kier alpha value is -0.570. The molecular formula is C12H16ClNO. The Morgan fingerprint density at radius 1 is 1.47 bits per heavy atom. The minimum Gasteiger partial charge on any atom is -0.395 e. The summed E-state index contributed by atoms with van der Waals surface area (Å²) in [7, 11) is 0. The molecule has 2 rings (SSSR count). The van der Waals surface area contributed by atoms with E-state index in [0.717, 1.165) is 17.9 Å². The molecule has 0 aromatic heterocycles. The van der Waals surface area contributed by atoms with Crippen molar-refractivity contribution >= 4 is 11.6 Å². The van der Waals surface area contributed by atoms with Crippen LogP contribution in [0.1, 0.15) is 30.0 Å². The predicted molar refractivity (Wildman–Crippen MR) is 62.2 cm³/mol. The molecule has 1 aromatic rings. The highest BCUT2D eigenvalue weighted by atomic mass is 35.5. The van der Waals surface area contributed by atoms with E-state index < -0.39 is 0 Å². The molecule has 3 heteroatoms. The molecule has 1 aromatic carbocycles. The fourth-order valence-corrected chi connectivity index (χ4v) is 2.53. The van der Waals surface area contributed by atoms with Crippen LogP contribution in [0.3, 0.4) is 0 Å². The summed E-state index contributed by atoms with van der Waals surface area (Å²) in [5.41, 5.74) is 2.59. The van der Waals surface area contributed by atoms with Crippen LogP contribution in [-0.2, 0) is 6.42 Å². The molecule has 1 aliphatic carbocycles. The van der Waals surface area contributed by atoms with Crippen molar-refractivity contribution in [2.45, 2.75) is 25.3 Å². The minimum atomic E-state index is 0.187. The zero-order valence-corrected chi connectivity index (χ0v) is 9.43. The molecule has 2 N–H and O–H groups in total. The van der Waals surface area contributed by atoms with E-state index in [-0.39, 0.29) is 6.61 Å². The first-order chi connectivity index (χ1) is 7.33. The lowest BCUT2D eigenvalue weighted by atomic mass is 9.87. The van der Waals surface area contributed by atoms with E-state index in [0.29, 0.717) is 12.6 Å². The highest BCUT2D eigenvalue weighted by Gasteiger charge is 2.20. The molecule has 0 saturated carbocycles. The monoisotopic (exact) mass is 225 g/mol. The molecule has 15 heavy (non-hydrogen) atoms. The van der Waals surface area contributed by atoms with Crippen LogP contribution in [0.2, 0.25) is 5.02 Å². The van der Waals surface area contributed by atoms with Crippen molar-refractivity contribution in [2.75, 3.05) is 13.2 Å². The fraction of sp³-hybridized carbons (Fsp3) is 0.500. The van der Waals surface area contributed by atoms with Crippen LogP contribution in [0.25, 0.3) is 0 Å². The number of benzene rings is 1. The second-order valence-electron chi connectivity index (χ2n) is 3.93. The van der Waals surface area contributed by atoms with Gasteiger partial charge >= 0.3 is 0 Å². The summed E-state index contributed by atoms with van der Waals surface area (Å²) in [5.74, 6) is 0. The average Bonchev–Trinajstić information content (AvgIpc) is 2.27. The Bertz CT molecular complexity index is 340. The second kappa shape index (κ2) is 4.97. The first-order valence-corrected chi connectivity index (χ1v) is 5.82. The van der Waals surface area contributed by atoms with E-state index in [4.69, 9.17) is 16.7 Å². The number of nitrogens with one attached hydrogen (secondary N) is 1. The number of aliphatic hydroxyl groups excluding tert-OH is 1. The molecule has 0 aliphatic heterocycles. The van der Waals surface area contributed by atoms with E-state index in [1.54, 1.807) is 0 Å². The summed E-state index contributed by atoms with van der Waals surface area (Å²) in [5, 5.41) is 13.0. The molecule has 0 bridgehead atoms. The Morgan fingerprint density at radius 3 is 3.13 bits per heavy atom. The van der Waals surface area contributed by atoms with Crippen LogP contribution < -0.4 is 5.32 Å². The molecule has 0 spiro atoms. The highest BCUT2D eigenvalue weighted by Crippen LogP contribution is 2.33. The first-order valence-electron chi connectivity index (χ1n) is 5.44. The molecule has 0 heterocycles. The smallest absolute Gasteiger partial charge is 0.0556 e.